The van der Waals surface area contributed by atoms with Crippen molar-refractivity contribution in [1.82, 2.24) is 0 Å². The molecular weight excluding hydrogens is 212 g/mol. The first-order valence-electron chi connectivity index (χ1n) is 6.53. The third-order valence-corrected chi connectivity index (χ3v) is 5.00. The first kappa shape index (κ1) is 10.8. The van der Waals surface area contributed by atoms with E-state index in [9.17, 15) is 4.79 Å². The molecule has 0 heterocycles. The number of nitriles is 1. The van der Waals surface area contributed by atoms with E-state index in [1.807, 2.05) is 6.07 Å². The number of allylic oxidation sites excluding steroid dienone is 2. The first-order chi connectivity index (χ1) is 8.13. The highest BCUT2D eigenvalue weighted by Crippen LogP contribution is 2.60. The van der Waals surface area contributed by atoms with E-state index in [0.717, 1.165) is 37.0 Å². The SMILES string of the molecule is N#C/C=C(\N)C(=O)C12CC3CC(CC(C3)C1)C2. The molecule has 4 bridgehead atoms. The highest BCUT2D eigenvalue weighted by molar-refractivity contribution is 5.99. The second kappa shape index (κ2) is 3.60. The average molecular weight is 230 g/mol. The molecule has 0 atom stereocenters. The summed E-state index contributed by atoms with van der Waals surface area (Å²) in [6.07, 6.45) is 8.19. The van der Waals surface area contributed by atoms with Gasteiger partial charge in [-0.2, -0.15) is 5.26 Å². The van der Waals surface area contributed by atoms with Crippen LogP contribution in [0, 0.1) is 34.5 Å². The van der Waals surface area contributed by atoms with E-state index >= 15 is 0 Å². The number of nitrogens with zero attached hydrogens (tertiary/aromatic N) is 1. The standard InChI is InChI=1S/C14H18N2O/c15-2-1-12(16)13(17)14-6-9-3-10(7-14)5-11(4-9)8-14/h1,9-11H,3-8,16H2/b12-1-. The zero-order valence-electron chi connectivity index (χ0n) is 9.98. The van der Waals surface area contributed by atoms with Gasteiger partial charge in [0.15, 0.2) is 5.78 Å². The summed E-state index contributed by atoms with van der Waals surface area (Å²) in [5, 5.41) is 8.61. The normalized spacial score (nSPS) is 43.5. The number of hydrogen-bond donors (Lipinski definition) is 1. The van der Waals surface area contributed by atoms with Gasteiger partial charge in [0.25, 0.3) is 0 Å². The van der Waals surface area contributed by atoms with Crippen LogP contribution in [0.25, 0.3) is 0 Å². The minimum Gasteiger partial charge on any atom is -0.395 e. The summed E-state index contributed by atoms with van der Waals surface area (Å²) in [6, 6.07) is 1.87. The van der Waals surface area contributed by atoms with Crippen LogP contribution in [0.2, 0.25) is 0 Å². The maximum atomic E-state index is 12.4. The molecule has 0 amide bonds. The average Bonchev–Trinajstić information content (AvgIpc) is 2.26. The van der Waals surface area contributed by atoms with Crippen molar-refractivity contribution in [2.75, 3.05) is 0 Å². The van der Waals surface area contributed by atoms with E-state index in [1.165, 1.54) is 25.3 Å². The quantitative estimate of drug-likeness (QED) is 0.583. The molecular formula is C14H18N2O. The monoisotopic (exact) mass is 230 g/mol. The molecule has 17 heavy (non-hydrogen) atoms. The summed E-state index contributed by atoms with van der Waals surface area (Å²) in [7, 11) is 0. The molecule has 2 N–H and O–H groups in total. The Bertz CT molecular complexity index is 395. The molecule has 90 valence electrons. The molecule has 0 unspecified atom stereocenters. The van der Waals surface area contributed by atoms with E-state index < -0.39 is 0 Å². The van der Waals surface area contributed by atoms with Crippen LogP contribution in [0.4, 0.5) is 0 Å². The molecule has 0 aromatic rings. The van der Waals surface area contributed by atoms with Crippen LogP contribution in [0.15, 0.2) is 11.8 Å². The summed E-state index contributed by atoms with van der Waals surface area (Å²) >= 11 is 0. The summed E-state index contributed by atoms with van der Waals surface area (Å²) in [4.78, 5) is 12.4. The Kier molecular flexibility index (Phi) is 2.29. The Morgan fingerprint density at radius 3 is 2.06 bits per heavy atom. The Morgan fingerprint density at radius 1 is 1.18 bits per heavy atom. The molecule has 0 saturated heterocycles. The first-order valence-corrected chi connectivity index (χ1v) is 6.53. The van der Waals surface area contributed by atoms with Crippen molar-refractivity contribution in [3.05, 3.63) is 11.8 Å². The molecule has 4 fully saturated rings. The smallest absolute Gasteiger partial charge is 0.185 e. The molecule has 0 spiro atoms. The van der Waals surface area contributed by atoms with Gasteiger partial charge in [-0.15, -0.1) is 0 Å². The number of carbonyl (C=O) groups excluding carboxylic acids is 1. The summed E-state index contributed by atoms with van der Waals surface area (Å²) in [5.41, 5.74) is 5.71. The fourth-order valence-corrected chi connectivity index (χ4v) is 4.83. The Labute approximate surface area is 102 Å². The Balaban J connectivity index is 1.90. The lowest BCUT2D eigenvalue weighted by atomic mass is 9.48. The van der Waals surface area contributed by atoms with Gasteiger partial charge < -0.3 is 5.73 Å². The molecule has 0 aliphatic heterocycles. The lowest BCUT2D eigenvalue weighted by Gasteiger charge is -2.55. The van der Waals surface area contributed by atoms with Crippen molar-refractivity contribution in [3.63, 3.8) is 0 Å². The summed E-state index contributed by atoms with van der Waals surface area (Å²) in [6.45, 7) is 0. The molecule has 0 radical (unpaired) electrons. The molecule has 4 aliphatic carbocycles. The predicted molar refractivity (Wildman–Crippen MR) is 63.5 cm³/mol. The van der Waals surface area contributed by atoms with E-state index in [-0.39, 0.29) is 16.9 Å². The van der Waals surface area contributed by atoms with Crippen LogP contribution in [-0.2, 0) is 4.79 Å². The number of Topliss-reactive ketones (excluding diaryl/α,β-unsaturated/α-hetero) is 1. The van der Waals surface area contributed by atoms with E-state index in [2.05, 4.69) is 0 Å². The van der Waals surface area contributed by atoms with Crippen LogP contribution in [0.3, 0.4) is 0 Å². The maximum absolute atomic E-state index is 12.4. The predicted octanol–water partition coefficient (Wildman–Crippen LogP) is 2.14. The zero-order chi connectivity index (χ0) is 12.0. The zero-order valence-corrected chi connectivity index (χ0v) is 9.98. The maximum Gasteiger partial charge on any atom is 0.185 e. The Hall–Kier alpha value is -1.30. The number of carbonyl (C=O) groups is 1. The van der Waals surface area contributed by atoms with Gasteiger partial charge in [0.05, 0.1) is 11.8 Å². The molecule has 4 rings (SSSR count). The molecule has 0 aromatic carbocycles. The van der Waals surface area contributed by atoms with Crippen molar-refractivity contribution >= 4 is 5.78 Å². The molecule has 0 aromatic heterocycles. The van der Waals surface area contributed by atoms with Gasteiger partial charge in [-0.25, -0.2) is 0 Å². The van der Waals surface area contributed by atoms with Gasteiger partial charge in [-0.3, -0.25) is 4.79 Å². The summed E-state index contributed by atoms with van der Waals surface area (Å²) < 4.78 is 0. The van der Waals surface area contributed by atoms with Gasteiger partial charge in [0.1, 0.15) is 0 Å². The van der Waals surface area contributed by atoms with Gasteiger partial charge in [-0.05, 0) is 56.3 Å². The molecule has 4 saturated carbocycles. The highest BCUT2D eigenvalue weighted by atomic mass is 16.1. The molecule has 3 nitrogen and oxygen atoms in total. The minimum absolute atomic E-state index is 0.0538. The number of hydrogen-bond acceptors (Lipinski definition) is 3. The van der Waals surface area contributed by atoms with Crippen LogP contribution < -0.4 is 5.73 Å². The van der Waals surface area contributed by atoms with Crippen LogP contribution in [0.5, 0.6) is 0 Å². The fourth-order valence-electron chi connectivity index (χ4n) is 4.83. The van der Waals surface area contributed by atoms with Crippen LogP contribution in [-0.4, -0.2) is 5.78 Å². The molecule has 4 aliphatic rings. The van der Waals surface area contributed by atoms with Gasteiger partial charge in [0, 0.05) is 11.5 Å². The van der Waals surface area contributed by atoms with Crippen molar-refractivity contribution < 1.29 is 4.79 Å². The van der Waals surface area contributed by atoms with E-state index in [4.69, 9.17) is 11.0 Å². The number of ketones is 1. The fraction of sp³-hybridized carbons (Fsp3) is 0.714. The lowest BCUT2D eigenvalue weighted by Crippen LogP contribution is -2.51. The highest BCUT2D eigenvalue weighted by Gasteiger charge is 2.54. The van der Waals surface area contributed by atoms with Crippen molar-refractivity contribution in [3.8, 4) is 6.07 Å². The van der Waals surface area contributed by atoms with Gasteiger partial charge in [-0.1, -0.05) is 0 Å². The van der Waals surface area contributed by atoms with Gasteiger partial charge >= 0.3 is 0 Å². The summed E-state index contributed by atoms with van der Waals surface area (Å²) in [5.74, 6) is 2.26. The second-order valence-corrected chi connectivity index (χ2v) is 6.26. The Morgan fingerprint density at radius 2 is 1.65 bits per heavy atom. The van der Waals surface area contributed by atoms with Crippen molar-refractivity contribution in [2.24, 2.45) is 28.9 Å². The minimum atomic E-state index is -0.202. The van der Waals surface area contributed by atoms with Gasteiger partial charge in [0.2, 0.25) is 0 Å². The largest absolute Gasteiger partial charge is 0.395 e. The van der Waals surface area contributed by atoms with Crippen molar-refractivity contribution in [2.45, 2.75) is 38.5 Å². The topological polar surface area (TPSA) is 66.9 Å². The van der Waals surface area contributed by atoms with E-state index in [1.54, 1.807) is 0 Å². The third kappa shape index (κ3) is 1.58. The van der Waals surface area contributed by atoms with Crippen molar-refractivity contribution in [1.29, 1.82) is 5.26 Å². The third-order valence-electron chi connectivity index (χ3n) is 5.00. The van der Waals surface area contributed by atoms with Crippen LogP contribution in [0.1, 0.15) is 38.5 Å². The number of rotatable bonds is 2. The second-order valence-electron chi connectivity index (χ2n) is 6.26. The lowest BCUT2D eigenvalue weighted by molar-refractivity contribution is -0.139. The van der Waals surface area contributed by atoms with Crippen LogP contribution >= 0.6 is 0 Å². The number of nitrogens with two attached hydrogens (primary N) is 1. The molecule has 3 heteroatoms. The van der Waals surface area contributed by atoms with E-state index in [0.29, 0.717) is 0 Å².